The van der Waals surface area contributed by atoms with Gasteiger partial charge in [0.25, 0.3) is 5.91 Å². The van der Waals surface area contributed by atoms with E-state index in [4.69, 9.17) is 10.00 Å². The molecule has 0 saturated carbocycles. The first-order valence-corrected chi connectivity index (χ1v) is 7.74. The highest BCUT2D eigenvalue weighted by Crippen LogP contribution is 2.10. The van der Waals surface area contributed by atoms with Crippen LogP contribution in [0.15, 0.2) is 11.8 Å². The number of ether oxygens (including phenoxy) is 1. The van der Waals surface area contributed by atoms with Crippen LogP contribution in [0.5, 0.6) is 0 Å². The van der Waals surface area contributed by atoms with Gasteiger partial charge in [-0.25, -0.2) is 0 Å². The van der Waals surface area contributed by atoms with Crippen LogP contribution in [0.1, 0.15) is 19.3 Å². The topological polar surface area (TPSA) is 68.6 Å². The molecular formula is C15H24N4O2. The Morgan fingerprint density at radius 2 is 1.90 bits per heavy atom. The second-order valence-corrected chi connectivity index (χ2v) is 5.46. The molecule has 2 aliphatic rings. The molecule has 2 rings (SSSR count). The third-order valence-corrected chi connectivity index (χ3v) is 3.88. The maximum Gasteiger partial charge on any atom is 0.263 e. The highest BCUT2D eigenvalue weighted by Gasteiger charge is 2.14. The number of carbonyl (C=O) groups excluding carboxylic acids is 1. The maximum absolute atomic E-state index is 12.0. The Balaban J connectivity index is 1.74. The van der Waals surface area contributed by atoms with Crippen molar-refractivity contribution >= 4 is 5.91 Å². The number of nitriles is 1. The van der Waals surface area contributed by atoms with E-state index in [1.807, 2.05) is 6.07 Å². The Morgan fingerprint density at radius 3 is 2.57 bits per heavy atom. The second-order valence-electron chi connectivity index (χ2n) is 5.46. The molecule has 2 aliphatic heterocycles. The van der Waals surface area contributed by atoms with Crippen molar-refractivity contribution < 1.29 is 9.53 Å². The van der Waals surface area contributed by atoms with Crippen LogP contribution in [-0.2, 0) is 9.53 Å². The molecule has 0 radical (unpaired) electrons. The predicted octanol–water partition coefficient (Wildman–Crippen LogP) is 0.328. The fourth-order valence-corrected chi connectivity index (χ4v) is 2.62. The Kier molecular flexibility index (Phi) is 6.51. The van der Waals surface area contributed by atoms with Gasteiger partial charge in [-0.1, -0.05) is 0 Å². The van der Waals surface area contributed by atoms with Crippen molar-refractivity contribution in [3.8, 4) is 6.07 Å². The molecule has 0 unspecified atom stereocenters. The minimum absolute atomic E-state index is 0.207. The molecule has 21 heavy (non-hydrogen) atoms. The summed E-state index contributed by atoms with van der Waals surface area (Å²) in [6, 6.07) is 2.01. The summed E-state index contributed by atoms with van der Waals surface area (Å²) in [6.45, 7) is 6.57. The second kappa shape index (κ2) is 8.65. The molecule has 0 aromatic carbocycles. The van der Waals surface area contributed by atoms with Crippen molar-refractivity contribution in [2.24, 2.45) is 0 Å². The van der Waals surface area contributed by atoms with Crippen LogP contribution >= 0.6 is 0 Å². The van der Waals surface area contributed by atoms with Crippen molar-refractivity contribution in [2.75, 3.05) is 52.5 Å². The Bertz CT molecular complexity index is 404. The first kappa shape index (κ1) is 15.8. The van der Waals surface area contributed by atoms with E-state index in [1.54, 1.807) is 6.20 Å². The quantitative estimate of drug-likeness (QED) is 0.584. The molecule has 2 saturated heterocycles. The number of morpholine rings is 1. The number of hydrogen-bond donors (Lipinski definition) is 1. The lowest BCUT2D eigenvalue weighted by Crippen LogP contribution is -2.41. The standard InChI is InChI=1S/C15H24N4O2/c16-12-14(13-19-5-2-1-3-6-19)15(20)17-4-7-18-8-10-21-11-9-18/h13H,1-11H2,(H,17,20)/b14-13-. The van der Waals surface area contributed by atoms with Crippen molar-refractivity contribution in [2.45, 2.75) is 19.3 Å². The zero-order chi connectivity index (χ0) is 14.9. The van der Waals surface area contributed by atoms with Crippen LogP contribution in [0.4, 0.5) is 0 Å². The molecule has 6 heteroatoms. The van der Waals surface area contributed by atoms with Crippen molar-refractivity contribution in [1.82, 2.24) is 15.1 Å². The van der Waals surface area contributed by atoms with Crippen molar-refractivity contribution in [1.29, 1.82) is 5.26 Å². The number of nitrogens with one attached hydrogen (secondary N) is 1. The van der Waals surface area contributed by atoms with Gasteiger partial charge in [-0.15, -0.1) is 0 Å². The molecule has 0 aliphatic carbocycles. The van der Waals surface area contributed by atoms with E-state index in [1.165, 1.54) is 6.42 Å². The van der Waals surface area contributed by atoms with Crippen LogP contribution in [0.3, 0.4) is 0 Å². The zero-order valence-electron chi connectivity index (χ0n) is 12.5. The van der Waals surface area contributed by atoms with Gasteiger partial charge in [0.2, 0.25) is 0 Å². The number of rotatable bonds is 5. The molecule has 0 aromatic heterocycles. The summed E-state index contributed by atoms with van der Waals surface area (Å²) >= 11 is 0. The third-order valence-electron chi connectivity index (χ3n) is 3.88. The Labute approximate surface area is 126 Å². The average Bonchev–Trinajstić information content (AvgIpc) is 2.54. The molecule has 1 N–H and O–H groups in total. The molecule has 6 nitrogen and oxygen atoms in total. The number of likely N-dealkylation sites (tertiary alicyclic amines) is 1. The highest BCUT2D eigenvalue weighted by atomic mass is 16.5. The fraction of sp³-hybridized carbons (Fsp3) is 0.733. The minimum atomic E-state index is -0.267. The zero-order valence-corrected chi connectivity index (χ0v) is 12.5. The summed E-state index contributed by atoms with van der Waals surface area (Å²) < 4.78 is 5.28. The van der Waals surface area contributed by atoms with E-state index >= 15 is 0 Å². The van der Waals surface area contributed by atoms with Gasteiger partial charge in [-0.3, -0.25) is 9.69 Å². The summed E-state index contributed by atoms with van der Waals surface area (Å²) in [5.74, 6) is -0.267. The van der Waals surface area contributed by atoms with Crippen molar-refractivity contribution in [3.05, 3.63) is 11.8 Å². The van der Waals surface area contributed by atoms with Gasteiger partial charge in [0.05, 0.1) is 13.2 Å². The summed E-state index contributed by atoms with van der Waals surface area (Å²) in [7, 11) is 0. The molecule has 2 heterocycles. The number of nitrogens with zero attached hydrogens (tertiary/aromatic N) is 3. The number of hydrogen-bond acceptors (Lipinski definition) is 5. The normalized spacial score (nSPS) is 20.9. The number of piperidine rings is 1. The highest BCUT2D eigenvalue weighted by molar-refractivity contribution is 5.97. The van der Waals surface area contributed by atoms with Crippen molar-refractivity contribution in [3.63, 3.8) is 0 Å². The van der Waals surface area contributed by atoms with Gasteiger partial charge >= 0.3 is 0 Å². The van der Waals surface area contributed by atoms with Crippen LogP contribution in [0.25, 0.3) is 0 Å². The van der Waals surface area contributed by atoms with Crippen LogP contribution in [0.2, 0.25) is 0 Å². The van der Waals surface area contributed by atoms with Gasteiger partial charge in [0.15, 0.2) is 0 Å². The van der Waals surface area contributed by atoms with Crippen LogP contribution < -0.4 is 5.32 Å². The van der Waals surface area contributed by atoms with E-state index in [2.05, 4.69) is 15.1 Å². The van der Waals surface area contributed by atoms with Crippen LogP contribution in [-0.4, -0.2) is 68.2 Å². The summed E-state index contributed by atoms with van der Waals surface area (Å²) in [6.07, 6.45) is 5.21. The average molecular weight is 292 g/mol. The van der Waals surface area contributed by atoms with E-state index < -0.39 is 0 Å². The molecule has 116 valence electrons. The third kappa shape index (κ3) is 5.37. The number of amides is 1. The first-order valence-electron chi connectivity index (χ1n) is 7.74. The van der Waals surface area contributed by atoms with E-state index in [9.17, 15) is 4.79 Å². The van der Waals surface area contributed by atoms with E-state index in [0.29, 0.717) is 6.54 Å². The molecule has 1 amide bonds. The molecule has 2 fully saturated rings. The van der Waals surface area contributed by atoms with Gasteiger partial charge in [0, 0.05) is 45.5 Å². The molecule has 0 spiro atoms. The Morgan fingerprint density at radius 1 is 1.19 bits per heavy atom. The van der Waals surface area contributed by atoms with Crippen LogP contribution in [0, 0.1) is 11.3 Å². The molecular weight excluding hydrogens is 268 g/mol. The first-order chi connectivity index (χ1) is 10.3. The van der Waals surface area contributed by atoms with Gasteiger partial charge in [0.1, 0.15) is 11.6 Å². The Hall–Kier alpha value is -1.58. The molecule has 0 bridgehead atoms. The lowest BCUT2D eigenvalue weighted by atomic mass is 10.1. The minimum Gasteiger partial charge on any atom is -0.379 e. The van der Waals surface area contributed by atoms with E-state index in [0.717, 1.165) is 58.8 Å². The van der Waals surface area contributed by atoms with Gasteiger partial charge in [-0.05, 0) is 19.3 Å². The maximum atomic E-state index is 12.0. The largest absolute Gasteiger partial charge is 0.379 e. The summed E-state index contributed by atoms with van der Waals surface area (Å²) in [4.78, 5) is 16.3. The number of carbonyl (C=O) groups is 1. The monoisotopic (exact) mass is 292 g/mol. The lowest BCUT2D eigenvalue weighted by molar-refractivity contribution is -0.117. The van der Waals surface area contributed by atoms with E-state index in [-0.39, 0.29) is 11.5 Å². The van der Waals surface area contributed by atoms with Gasteiger partial charge < -0.3 is 15.0 Å². The predicted molar refractivity (Wildman–Crippen MR) is 79.4 cm³/mol. The smallest absolute Gasteiger partial charge is 0.263 e. The SMILES string of the molecule is N#C/C(=C/N1CCCCC1)C(=O)NCCN1CCOCC1. The lowest BCUT2D eigenvalue weighted by Gasteiger charge is -2.26. The summed E-state index contributed by atoms with van der Waals surface area (Å²) in [5, 5.41) is 12.0. The summed E-state index contributed by atoms with van der Waals surface area (Å²) in [5.41, 5.74) is 0.207. The molecule has 0 aromatic rings. The molecule has 0 atom stereocenters. The fourth-order valence-electron chi connectivity index (χ4n) is 2.62. The van der Waals surface area contributed by atoms with Gasteiger partial charge in [-0.2, -0.15) is 5.26 Å².